The molecule has 0 unspecified atom stereocenters. The van der Waals surface area contributed by atoms with Crippen LogP contribution in [0.15, 0.2) is 6.07 Å². The minimum absolute atomic E-state index is 0.133. The van der Waals surface area contributed by atoms with E-state index in [1.54, 1.807) is 6.92 Å². The van der Waals surface area contributed by atoms with E-state index in [0.717, 1.165) is 25.9 Å². The van der Waals surface area contributed by atoms with E-state index in [9.17, 15) is 15.2 Å². The van der Waals surface area contributed by atoms with Gasteiger partial charge in [0.25, 0.3) is 0 Å². The SMILES string of the molecule is CC(C)C1CCN(c2sc([C@@H](C)O)cc2[N+](=O)[O-])CC1. The number of anilines is 1. The molecule has 112 valence electrons. The van der Waals surface area contributed by atoms with Crippen molar-refractivity contribution >= 4 is 22.0 Å². The van der Waals surface area contributed by atoms with Gasteiger partial charge in [-0.15, -0.1) is 11.3 Å². The van der Waals surface area contributed by atoms with Crippen LogP contribution in [0.2, 0.25) is 0 Å². The minimum Gasteiger partial charge on any atom is -0.388 e. The van der Waals surface area contributed by atoms with Crippen LogP contribution in [0.3, 0.4) is 0 Å². The molecule has 2 heterocycles. The van der Waals surface area contributed by atoms with E-state index in [-0.39, 0.29) is 10.6 Å². The van der Waals surface area contributed by atoms with Crippen LogP contribution in [-0.4, -0.2) is 23.1 Å². The molecule has 6 heteroatoms. The molecule has 1 saturated heterocycles. The third kappa shape index (κ3) is 3.12. The molecule has 0 saturated carbocycles. The lowest BCUT2D eigenvalue weighted by atomic mass is 9.87. The normalized spacial score (nSPS) is 18.6. The Bertz CT molecular complexity index is 477. The molecule has 0 aliphatic carbocycles. The van der Waals surface area contributed by atoms with E-state index >= 15 is 0 Å². The van der Waals surface area contributed by atoms with Gasteiger partial charge in [-0.1, -0.05) is 13.8 Å². The second-order valence-corrected chi connectivity index (χ2v) is 6.90. The van der Waals surface area contributed by atoms with E-state index in [1.165, 1.54) is 17.4 Å². The first-order chi connectivity index (χ1) is 9.40. The van der Waals surface area contributed by atoms with Gasteiger partial charge in [-0.05, 0) is 31.6 Å². The predicted molar refractivity (Wildman–Crippen MR) is 81.4 cm³/mol. The number of nitrogens with zero attached hydrogens (tertiary/aromatic N) is 2. The minimum atomic E-state index is -0.652. The average Bonchev–Trinajstić information content (AvgIpc) is 2.84. The number of hydrogen-bond donors (Lipinski definition) is 1. The Morgan fingerprint density at radius 1 is 1.40 bits per heavy atom. The van der Waals surface area contributed by atoms with Crippen LogP contribution in [0.1, 0.15) is 44.6 Å². The highest BCUT2D eigenvalue weighted by Crippen LogP contribution is 2.41. The summed E-state index contributed by atoms with van der Waals surface area (Å²) in [7, 11) is 0. The van der Waals surface area contributed by atoms with Crippen molar-refractivity contribution in [2.24, 2.45) is 11.8 Å². The Labute approximate surface area is 123 Å². The lowest BCUT2D eigenvalue weighted by molar-refractivity contribution is -0.383. The fourth-order valence-electron chi connectivity index (χ4n) is 2.72. The Kier molecular flexibility index (Phi) is 4.65. The standard InChI is InChI=1S/C14H22N2O3S/c1-9(2)11-4-6-15(7-5-11)14-12(16(18)19)8-13(20-14)10(3)17/h8-11,17H,4-7H2,1-3H3/t10-/m1/s1. The molecule has 1 fully saturated rings. The van der Waals surface area contributed by atoms with Crippen LogP contribution >= 0.6 is 11.3 Å². The highest BCUT2D eigenvalue weighted by atomic mass is 32.1. The predicted octanol–water partition coefficient (Wildman–Crippen LogP) is 3.58. The van der Waals surface area contributed by atoms with Crippen LogP contribution in [0.5, 0.6) is 0 Å². The van der Waals surface area contributed by atoms with Gasteiger partial charge in [0.15, 0.2) is 5.00 Å². The first kappa shape index (κ1) is 15.3. The summed E-state index contributed by atoms with van der Waals surface area (Å²) in [5.74, 6) is 1.38. The summed E-state index contributed by atoms with van der Waals surface area (Å²) in [5.41, 5.74) is 0.133. The number of nitro groups is 1. The molecular weight excluding hydrogens is 276 g/mol. The zero-order valence-electron chi connectivity index (χ0n) is 12.2. The summed E-state index contributed by atoms with van der Waals surface area (Å²) in [6.45, 7) is 7.84. The van der Waals surface area contributed by atoms with Crippen LogP contribution in [0.25, 0.3) is 0 Å². The van der Waals surface area contributed by atoms with Gasteiger partial charge in [0, 0.05) is 24.0 Å². The number of rotatable bonds is 4. The number of aliphatic hydroxyl groups is 1. The molecular formula is C14H22N2O3S. The van der Waals surface area contributed by atoms with E-state index in [2.05, 4.69) is 18.7 Å². The number of thiophene rings is 1. The lowest BCUT2D eigenvalue weighted by Crippen LogP contribution is -2.35. The Morgan fingerprint density at radius 3 is 2.45 bits per heavy atom. The molecule has 1 aliphatic rings. The van der Waals surface area contributed by atoms with E-state index < -0.39 is 6.10 Å². The van der Waals surface area contributed by atoms with Gasteiger partial charge in [-0.25, -0.2) is 0 Å². The fourth-order valence-corrected chi connectivity index (χ4v) is 3.84. The maximum Gasteiger partial charge on any atom is 0.304 e. The zero-order chi connectivity index (χ0) is 14.9. The molecule has 20 heavy (non-hydrogen) atoms. The first-order valence-corrected chi connectivity index (χ1v) is 7.93. The summed E-state index contributed by atoms with van der Waals surface area (Å²) in [4.78, 5) is 13.6. The van der Waals surface area contributed by atoms with Gasteiger partial charge >= 0.3 is 5.69 Å². The van der Waals surface area contributed by atoms with Crippen molar-refractivity contribution in [3.8, 4) is 0 Å². The van der Waals surface area contributed by atoms with Crippen LogP contribution < -0.4 is 4.90 Å². The highest BCUT2D eigenvalue weighted by Gasteiger charge is 2.29. The van der Waals surface area contributed by atoms with Gasteiger partial charge < -0.3 is 10.0 Å². The lowest BCUT2D eigenvalue weighted by Gasteiger charge is -2.34. The number of hydrogen-bond acceptors (Lipinski definition) is 5. The van der Waals surface area contributed by atoms with E-state index in [1.807, 2.05) is 0 Å². The fraction of sp³-hybridized carbons (Fsp3) is 0.714. The second kappa shape index (κ2) is 6.10. The zero-order valence-corrected chi connectivity index (χ0v) is 13.0. The summed E-state index contributed by atoms with van der Waals surface area (Å²) in [6.07, 6.45) is 1.51. The molecule has 0 aromatic carbocycles. The van der Waals surface area contributed by atoms with E-state index in [0.29, 0.717) is 21.7 Å². The number of aliphatic hydroxyl groups excluding tert-OH is 1. The van der Waals surface area contributed by atoms with E-state index in [4.69, 9.17) is 0 Å². The van der Waals surface area contributed by atoms with Crippen LogP contribution in [-0.2, 0) is 0 Å². The van der Waals surface area contributed by atoms with Crippen molar-refractivity contribution in [3.05, 3.63) is 21.1 Å². The molecule has 2 rings (SSSR count). The maximum atomic E-state index is 11.2. The molecule has 1 N–H and O–H groups in total. The molecule has 1 aromatic rings. The van der Waals surface area contributed by atoms with Crippen molar-refractivity contribution in [1.82, 2.24) is 0 Å². The molecule has 1 aromatic heterocycles. The molecule has 0 radical (unpaired) electrons. The third-order valence-electron chi connectivity index (χ3n) is 4.09. The highest BCUT2D eigenvalue weighted by molar-refractivity contribution is 7.16. The maximum absolute atomic E-state index is 11.2. The quantitative estimate of drug-likeness (QED) is 0.681. The Morgan fingerprint density at radius 2 is 2.00 bits per heavy atom. The molecule has 0 bridgehead atoms. The summed E-state index contributed by atoms with van der Waals surface area (Å²) < 4.78 is 0. The van der Waals surface area contributed by atoms with Gasteiger partial charge in [0.1, 0.15) is 0 Å². The van der Waals surface area contributed by atoms with Crippen molar-refractivity contribution < 1.29 is 10.0 Å². The molecule has 1 aliphatic heterocycles. The summed E-state index contributed by atoms with van der Waals surface area (Å²) in [5, 5.41) is 21.5. The third-order valence-corrected chi connectivity index (χ3v) is 5.45. The Hall–Kier alpha value is -1.14. The first-order valence-electron chi connectivity index (χ1n) is 7.11. The van der Waals surface area contributed by atoms with Gasteiger partial charge in [-0.2, -0.15) is 0 Å². The van der Waals surface area contributed by atoms with Gasteiger partial charge in [-0.3, -0.25) is 10.1 Å². The molecule has 1 atom stereocenters. The van der Waals surface area contributed by atoms with Gasteiger partial charge in [0.2, 0.25) is 0 Å². The van der Waals surface area contributed by atoms with Crippen molar-refractivity contribution in [3.63, 3.8) is 0 Å². The molecule has 0 amide bonds. The number of piperidine rings is 1. The van der Waals surface area contributed by atoms with Crippen LogP contribution in [0, 0.1) is 22.0 Å². The molecule has 0 spiro atoms. The average molecular weight is 298 g/mol. The van der Waals surface area contributed by atoms with Gasteiger partial charge in [0.05, 0.1) is 11.0 Å². The smallest absolute Gasteiger partial charge is 0.304 e. The monoisotopic (exact) mass is 298 g/mol. The molecule has 5 nitrogen and oxygen atoms in total. The largest absolute Gasteiger partial charge is 0.388 e. The Balaban J connectivity index is 2.18. The summed E-state index contributed by atoms with van der Waals surface area (Å²) in [6, 6.07) is 1.51. The van der Waals surface area contributed by atoms with Crippen molar-refractivity contribution in [2.45, 2.75) is 39.7 Å². The second-order valence-electron chi connectivity index (χ2n) is 5.84. The topological polar surface area (TPSA) is 66.6 Å². The van der Waals surface area contributed by atoms with Crippen LogP contribution in [0.4, 0.5) is 10.7 Å². The van der Waals surface area contributed by atoms with Crippen molar-refractivity contribution in [1.29, 1.82) is 0 Å². The summed E-state index contributed by atoms with van der Waals surface area (Å²) >= 11 is 1.35. The van der Waals surface area contributed by atoms with Crippen molar-refractivity contribution in [2.75, 3.05) is 18.0 Å².